The van der Waals surface area contributed by atoms with Gasteiger partial charge < -0.3 is 11.1 Å². The molecule has 1 aromatic rings. The predicted octanol–water partition coefficient (Wildman–Crippen LogP) is 3.62. The summed E-state index contributed by atoms with van der Waals surface area (Å²) in [7, 11) is 0. The minimum atomic E-state index is -0.162. The largest absolute Gasteiger partial charge is 0.398 e. The van der Waals surface area contributed by atoms with Crippen LogP contribution in [0.3, 0.4) is 0 Å². The molecule has 1 amide bonds. The number of anilines is 1. The monoisotopic (exact) mass is 268 g/mol. The highest BCUT2D eigenvalue weighted by molar-refractivity contribution is 6.36. The zero-order valence-corrected chi connectivity index (χ0v) is 12.0. The third-order valence-corrected chi connectivity index (χ3v) is 4.10. The zero-order valence-electron chi connectivity index (χ0n) is 11.2. The van der Waals surface area contributed by atoms with Crippen LogP contribution in [-0.4, -0.2) is 11.4 Å². The molecule has 0 aliphatic carbocycles. The Morgan fingerprint density at radius 3 is 2.33 bits per heavy atom. The molecule has 3 nitrogen and oxygen atoms in total. The Labute approximate surface area is 114 Å². The SMILES string of the molecule is CCC(CC)(CC)NC(=O)c1cccc(N)c1Cl. The lowest BCUT2D eigenvalue weighted by molar-refractivity contribution is 0.0888. The van der Waals surface area contributed by atoms with Crippen molar-refractivity contribution < 1.29 is 4.79 Å². The fourth-order valence-corrected chi connectivity index (χ4v) is 2.26. The summed E-state index contributed by atoms with van der Waals surface area (Å²) in [5.74, 6) is -0.155. The molecule has 0 spiro atoms. The molecule has 0 fully saturated rings. The number of nitrogen functional groups attached to an aromatic ring is 1. The second-order valence-corrected chi connectivity index (χ2v) is 4.88. The van der Waals surface area contributed by atoms with Crippen molar-refractivity contribution in [3.05, 3.63) is 28.8 Å². The molecule has 1 rings (SSSR count). The number of benzene rings is 1. The van der Waals surface area contributed by atoms with Crippen molar-refractivity contribution in [2.45, 2.75) is 45.6 Å². The molecular formula is C14H21ClN2O. The van der Waals surface area contributed by atoms with Crippen LogP contribution in [0.2, 0.25) is 5.02 Å². The van der Waals surface area contributed by atoms with E-state index in [1.807, 2.05) is 0 Å². The molecule has 0 heterocycles. The van der Waals surface area contributed by atoms with Crippen molar-refractivity contribution in [3.8, 4) is 0 Å². The Hall–Kier alpha value is -1.22. The van der Waals surface area contributed by atoms with Gasteiger partial charge in [-0.05, 0) is 31.4 Å². The summed E-state index contributed by atoms with van der Waals surface area (Å²) < 4.78 is 0. The number of rotatable bonds is 5. The highest BCUT2D eigenvalue weighted by Crippen LogP contribution is 2.25. The Bertz CT molecular complexity index is 420. The van der Waals surface area contributed by atoms with Crippen molar-refractivity contribution >= 4 is 23.2 Å². The normalized spacial score (nSPS) is 11.3. The molecule has 0 aliphatic heterocycles. The minimum Gasteiger partial charge on any atom is -0.398 e. The molecule has 1 aromatic carbocycles. The maximum absolute atomic E-state index is 12.3. The highest BCUT2D eigenvalue weighted by Gasteiger charge is 2.27. The standard InChI is InChI=1S/C14H21ClN2O/c1-4-14(5-2,6-3)17-13(18)10-8-7-9-11(16)12(10)15/h7-9H,4-6,16H2,1-3H3,(H,17,18). The van der Waals surface area contributed by atoms with Crippen LogP contribution in [0.1, 0.15) is 50.4 Å². The molecular weight excluding hydrogens is 248 g/mol. The van der Waals surface area contributed by atoms with Crippen LogP contribution in [0, 0.1) is 0 Å². The predicted molar refractivity (Wildman–Crippen MR) is 76.9 cm³/mol. The van der Waals surface area contributed by atoms with Gasteiger partial charge in [-0.25, -0.2) is 0 Å². The Balaban J connectivity index is 2.98. The number of carbonyl (C=O) groups excluding carboxylic acids is 1. The summed E-state index contributed by atoms with van der Waals surface area (Å²) >= 11 is 6.06. The van der Waals surface area contributed by atoms with Crippen LogP contribution < -0.4 is 11.1 Å². The molecule has 0 bridgehead atoms. The topological polar surface area (TPSA) is 55.1 Å². The first-order valence-corrected chi connectivity index (χ1v) is 6.74. The van der Waals surface area contributed by atoms with Gasteiger partial charge in [-0.1, -0.05) is 38.4 Å². The van der Waals surface area contributed by atoms with Crippen molar-refractivity contribution in [1.29, 1.82) is 0 Å². The van der Waals surface area contributed by atoms with Crippen LogP contribution in [0.15, 0.2) is 18.2 Å². The summed E-state index contributed by atoms with van der Waals surface area (Å²) in [6, 6.07) is 5.12. The summed E-state index contributed by atoms with van der Waals surface area (Å²) in [4.78, 5) is 12.3. The van der Waals surface area contributed by atoms with Gasteiger partial charge >= 0.3 is 0 Å². The van der Waals surface area contributed by atoms with E-state index in [-0.39, 0.29) is 11.4 Å². The van der Waals surface area contributed by atoms with Gasteiger partial charge in [0, 0.05) is 5.54 Å². The van der Waals surface area contributed by atoms with E-state index >= 15 is 0 Å². The van der Waals surface area contributed by atoms with Crippen molar-refractivity contribution in [1.82, 2.24) is 5.32 Å². The number of carbonyl (C=O) groups is 1. The van der Waals surface area contributed by atoms with Gasteiger partial charge in [-0.15, -0.1) is 0 Å². The minimum absolute atomic E-state index is 0.155. The van der Waals surface area contributed by atoms with Crippen LogP contribution in [0.4, 0.5) is 5.69 Å². The van der Waals surface area contributed by atoms with E-state index in [4.69, 9.17) is 17.3 Å². The zero-order chi connectivity index (χ0) is 13.8. The Kier molecular flexibility index (Phi) is 5.03. The van der Waals surface area contributed by atoms with Crippen LogP contribution >= 0.6 is 11.6 Å². The number of hydrogen-bond donors (Lipinski definition) is 2. The summed E-state index contributed by atoms with van der Waals surface area (Å²) in [5.41, 5.74) is 6.42. The third kappa shape index (κ3) is 2.96. The van der Waals surface area contributed by atoms with Crippen LogP contribution in [0.25, 0.3) is 0 Å². The van der Waals surface area contributed by atoms with E-state index in [9.17, 15) is 4.79 Å². The second kappa shape index (κ2) is 6.10. The Morgan fingerprint density at radius 1 is 1.28 bits per heavy atom. The quantitative estimate of drug-likeness (QED) is 0.802. The molecule has 4 heteroatoms. The van der Waals surface area contributed by atoms with Gasteiger partial charge in [-0.3, -0.25) is 4.79 Å². The van der Waals surface area contributed by atoms with Gasteiger partial charge in [0.2, 0.25) is 0 Å². The molecule has 0 atom stereocenters. The maximum Gasteiger partial charge on any atom is 0.253 e. The lowest BCUT2D eigenvalue weighted by atomic mass is 9.89. The molecule has 3 N–H and O–H groups in total. The number of nitrogens with one attached hydrogen (secondary N) is 1. The smallest absolute Gasteiger partial charge is 0.253 e. The summed E-state index contributed by atoms with van der Waals surface area (Å²) in [6.07, 6.45) is 2.68. The second-order valence-electron chi connectivity index (χ2n) is 4.50. The maximum atomic E-state index is 12.3. The molecule has 0 saturated heterocycles. The first-order valence-electron chi connectivity index (χ1n) is 6.36. The van der Waals surface area contributed by atoms with Crippen molar-refractivity contribution in [3.63, 3.8) is 0 Å². The lowest BCUT2D eigenvalue weighted by Gasteiger charge is -2.32. The van der Waals surface area contributed by atoms with Crippen molar-refractivity contribution in [2.75, 3.05) is 5.73 Å². The molecule has 0 radical (unpaired) electrons. The van der Waals surface area contributed by atoms with Gasteiger partial charge in [0.1, 0.15) is 0 Å². The van der Waals surface area contributed by atoms with Crippen molar-refractivity contribution in [2.24, 2.45) is 0 Å². The fraction of sp³-hybridized carbons (Fsp3) is 0.500. The number of halogens is 1. The van der Waals surface area contributed by atoms with Gasteiger partial charge in [-0.2, -0.15) is 0 Å². The van der Waals surface area contributed by atoms with Crippen LogP contribution in [0.5, 0.6) is 0 Å². The van der Waals surface area contributed by atoms with E-state index in [2.05, 4.69) is 26.1 Å². The molecule has 0 saturated carbocycles. The summed E-state index contributed by atoms with van der Waals surface area (Å²) in [6.45, 7) is 6.23. The molecule has 0 unspecified atom stereocenters. The Morgan fingerprint density at radius 2 is 1.83 bits per heavy atom. The van der Waals surface area contributed by atoms with Gasteiger partial charge in [0.05, 0.1) is 16.3 Å². The van der Waals surface area contributed by atoms with Gasteiger partial charge in [0.15, 0.2) is 0 Å². The van der Waals surface area contributed by atoms with Gasteiger partial charge in [0.25, 0.3) is 5.91 Å². The average Bonchev–Trinajstić information content (AvgIpc) is 2.39. The van der Waals surface area contributed by atoms with E-state index in [0.29, 0.717) is 16.3 Å². The number of amides is 1. The molecule has 100 valence electrons. The first-order chi connectivity index (χ1) is 8.49. The summed E-state index contributed by atoms with van der Waals surface area (Å²) in [5, 5.41) is 3.41. The molecule has 0 aromatic heterocycles. The molecule has 18 heavy (non-hydrogen) atoms. The molecule has 0 aliphatic rings. The van der Waals surface area contributed by atoms with E-state index < -0.39 is 0 Å². The lowest BCUT2D eigenvalue weighted by Crippen LogP contribution is -2.47. The van der Waals surface area contributed by atoms with E-state index in [1.54, 1.807) is 18.2 Å². The average molecular weight is 269 g/mol. The number of nitrogens with two attached hydrogens (primary N) is 1. The van der Waals surface area contributed by atoms with E-state index in [0.717, 1.165) is 19.3 Å². The van der Waals surface area contributed by atoms with E-state index in [1.165, 1.54) is 0 Å². The van der Waals surface area contributed by atoms with Crippen LogP contribution in [-0.2, 0) is 0 Å². The third-order valence-electron chi connectivity index (χ3n) is 3.68. The number of hydrogen-bond acceptors (Lipinski definition) is 2. The first kappa shape index (κ1) is 14.8. The fourth-order valence-electron chi connectivity index (χ4n) is 2.05. The highest BCUT2D eigenvalue weighted by atomic mass is 35.5.